The Hall–Kier alpha value is -1.97. The van der Waals surface area contributed by atoms with E-state index in [2.05, 4.69) is 29.2 Å². The molecule has 0 atom stereocenters. The first-order chi connectivity index (χ1) is 9.24. The highest BCUT2D eigenvalue weighted by atomic mass is 15.3. The molecule has 1 aliphatic rings. The van der Waals surface area contributed by atoms with Crippen LogP contribution in [-0.4, -0.2) is 9.66 Å². The smallest absolute Gasteiger partial charge is 0.219 e. The van der Waals surface area contributed by atoms with E-state index in [0.29, 0.717) is 5.95 Å². The molecule has 1 aliphatic carbocycles. The first-order valence-electron chi connectivity index (χ1n) is 6.94. The molecule has 0 saturated heterocycles. The maximum Gasteiger partial charge on any atom is 0.219 e. The number of benzene rings is 1. The van der Waals surface area contributed by atoms with Crippen LogP contribution in [0.15, 0.2) is 30.5 Å². The van der Waals surface area contributed by atoms with Crippen molar-refractivity contribution in [2.24, 2.45) is 0 Å². The molecule has 0 unspecified atom stereocenters. The van der Waals surface area contributed by atoms with Crippen molar-refractivity contribution >= 4 is 5.95 Å². The second kappa shape index (κ2) is 4.96. The summed E-state index contributed by atoms with van der Waals surface area (Å²) in [6, 6.07) is 8.67. The van der Waals surface area contributed by atoms with Crippen LogP contribution >= 0.6 is 0 Å². The van der Waals surface area contributed by atoms with Crippen molar-refractivity contribution in [3.8, 4) is 11.3 Å². The summed E-state index contributed by atoms with van der Waals surface area (Å²) in [5.74, 6) is 6.73. The normalized spacial score (nSPS) is 16.6. The molecule has 1 aromatic heterocycles. The third-order valence-corrected chi connectivity index (χ3v) is 4.04. The van der Waals surface area contributed by atoms with E-state index < -0.39 is 0 Å². The number of anilines is 1. The molecular formula is C15H20N4. The van der Waals surface area contributed by atoms with Gasteiger partial charge in [-0.15, -0.1) is 0 Å². The Morgan fingerprint density at radius 1 is 1.05 bits per heavy atom. The summed E-state index contributed by atoms with van der Waals surface area (Å²) in [4.78, 5) is 4.24. The lowest BCUT2D eigenvalue weighted by molar-refractivity contribution is 0.443. The summed E-state index contributed by atoms with van der Waals surface area (Å²) >= 11 is 0. The summed E-state index contributed by atoms with van der Waals surface area (Å²) in [5.41, 5.74) is 8.99. The highest BCUT2D eigenvalue weighted by Gasteiger charge is 2.15. The van der Waals surface area contributed by atoms with Gasteiger partial charge in [-0.2, -0.15) is 0 Å². The predicted molar refractivity (Wildman–Crippen MR) is 78.1 cm³/mol. The van der Waals surface area contributed by atoms with Crippen LogP contribution in [0.5, 0.6) is 0 Å². The number of hydrogen-bond donors (Lipinski definition) is 2. The van der Waals surface area contributed by atoms with Gasteiger partial charge in [-0.05, 0) is 24.3 Å². The Kier molecular flexibility index (Phi) is 3.15. The van der Waals surface area contributed by atoms with Gasteiger partial charge < -0.3 is 11.6 Å². The number of nitrogen functional groups attached to an aromatic ring is 2. The molecule has 4 heteroatoms. The Morgan fingerprint density at radius 3 is 2.32 bits per heavy atom. The molecule has 4 nitrogen and oxygen atoms in total. The fourth-order valence-electron chi connectivity index (χ4n) is 2.91. The number of imidazole rings is 1. The minimum absolute atomic E-state index is 0.339. The molecule has 1 heterocycles. The monoisotopic (exact) mass is 256 g/mol. The molecule has 0 radical (unpaired) electrons. The molecule has 19 heavy (non-hydrogen) atoms. The van der Waals surface area contributed by atoms with E-state index in [1.54, 1.807) is 6.20 Å². The van der Waals surface area contributed by atoms with Crippen molar-refractivity contribution < 1.29 is 0 Å². The van der Waals surface area contributed by atoms with E-state index in [1.165, 1.54) is 42.3 Å². The average Bonchev–Trinajstić information content (AvgIpc) is 2.80. The molecule has 2 aromatic rings. The Bertz CT molecular complexity index is 531. The minimum atomic E-state index is 0.339. The first-order valence-corrected chi connectivity index (χ1v) is 6.94. The molecule has 1 saturated carbocycles. The fraction of sp³-hybridized carbons (Fsp3) is 0.400. The molecule has 100 valence electrons. The van der Waals surface area contributed by atoms with Gasteiger partial charge in [-0.1, -0.05) is 43.5 Å². The van der Waals surface area contributed by atoms with Gasteiger partial charge in [-0.3, -0.25) is 0 Å². The summed E-state index contributed by atoms with van der Waals surface area (Å²) < 4.78 is 1.35. The lowest BCUT2D eigenvalue weighted by Crippen LogP contribution is -2.09. The molecule has 3 rings (SSSR count). The van der Waals surface area contributed by atoms with Crippen molar-refractivity contribution in [3.05, 3.63) is 36.0 Å². The van der Waals surface area contributed by atoms with Crippen LogP contribution in [-0.2, 0) is 0 Å². The third-order valence-electron chi connectivity index (χ3n) is 4.04. The minimum Gasteiger partial charge on any atom is -0.368 e. The largest absolute Gasteiger partial charge is 0.368 e. The van der Waals surface area contributed by atoms with Crippen LogP contribution in [0.25, 0.3) is 11.3 Å². The van der Waals surface area contributed by atoms with E-state index >= 15 is 0 Å². The van der Waals surface area contributed by atoms with E-state index in [0.717, 1.165) is 17.2 Å². The third kappa shape index (κ3) is 2.43. The Balaban J connectivity index is 1.82. The molecule has 0 aliphatic heterocycles. The summed E-state index contributed by atoms with van der Waals surface area (Å²) in [7, 11) is 0. The standard InChI is InChI=1S/C15H20N4/c16-15-18-14(10-19(15)17)13-8-6-12(7-9-13)11-4-2-1-3-5-11/h6-11H,1-5,17H2,(H2,16,18). The van der Waals surface area contributed by atoms with Gasteiger partial charge in [0.15, 0.2) is 0 Å². The summed E-state index contributed by atoms with van der Waals surface area (Å²) in [6.07, 6.45) is 8.52. The van der Waals surface area contributed by atoms with E-state index in [-0.39, 0.29) is 0 Å². The van der Waals surface area contributed by atoms with Gasteiger partial charge in [0.05, 0.1) is 11.9 Å². The predicted octanol–water partition coefficient (Wildman–Crippen LogP) is 2.89. The topological polar surface area (TPSA) is 69.9 Å². The van der Waals surface area contributed by atoms with Crippen molar-refractivity contribution in [3.63, 3.8) is 0 Å². The average molecular weight is 256 g/mol. The van der Waals surface area contributed by atoms with Crippen molar-refractivity contribution in [2.75, 3.05) is 11.6 Å². The van der Waals surface area contributed by atoms with Crippen molar-refractivity contribution in [1.29, 1.82) is 0 Å². The SMILES string of the molecule is Nc1nc(-c2ccc(C3CCCCC3)cc2)cn1N. The maximum absolute atomic E-state index is 5.65. The van der Waals surface area contributed by atoms with Crippen LogP contribution in [0.2, 0.25) is 0 Å². The number of aromatic nitrogens is 2. The van der Waals surface area contributed by atoms with Gasteiger partial charge in [0.2, 0.25) is 5.95 Å². The van der Waals surface area contributed by atoms with E-state index in [1.807, 2.05) is 0 Å². The van der Waals surface area contributed by atoms with Gasteiger partial charge in [0.1, 0.15) is 0 Å². The highest BCUT2D eigenvalue weighted by molar-refractivity contribution is 5.60. The zero-order chi connectivity index (χ0) is 13.2. The molecular weight excluding hydrogens is 236 g/mol. The van der Waals surface area contributed by atoms with Gasteiger partial charge >= 0.3 is 0 Å². The van der Waals surface area contributed by atoms with Gasteiger partial charge in [0.25, 0.3) is 0 Å². The van der Waals surface area contributed by atoms with Gasteiger partial charge in [-0.25, -0.2) is 9.66 Å². The fourth-order valence-corrected chi connectivity index (χ4v) is 2.91. The zero-order valence-corrected chi connectivity index (χ0v) is 11.0. The van der Waals surface area contributed by atoms with Crippen LogP contribution in [0.1, 0.15) is 43.6 Å². The lowest BCUT2D eigenvalue weighted by atomic mass is 9.84. The number of hydrogen-bond acceptors (Lipinski definition) is 3. The second-order valence-corrected chi connectivity index (χ2v) is 5.35. The zero-order valence-electron chi connectivity index (χ0n) is 11.0. The van der Waals surface area contributed by atoms with Crippen molar-refractivity contribution in [2.45, 2.75) is 38.0 Å². The van der Waals surface area contributed by atoms with Crippen LogP contribution < -0.4 is 11.6 Å². The number of nitrogens with two attached hydrogens (primary N) is 2. The molecule has 0 bridgehead atoms. The molecule has 1 fully saturated rings. The Labute approximate surface area is 113 Å². The van der Waals surface area contributed by atoms with E-state index in [9.17, 15) is 0 Å². The maximum atomic E-state index is 5.65. The molecule has 4 N–H and O–H groups in total. The summed E-state index contributed by atoms with van der Waals surface area (Å²) in [6.45, 7) is 0. The molecule has 0 amide bonds. The Morgan fingerprint density at radius 2 is 1.74 bits per heavy atom. The van der Waals surface area contributed by atoms with Crippen LogP contribution in [0.3, 0.4) is 0 Å². The molecule has 0 spiro atoms. The number of rotatable bonds is 2. The lowest BCUT2D eigenvalue weighted by Gasteiger charge is -2.21. The molecule has 1 aromatic carbocycles. The highest BCUT2D eigenvalue weighted by Crippen LogP contribution is 2.33. The number of nitrogens with zero attached hydrogens (tertiary/aromatic N) is 2. The van der Waals surface area contributed by atoms with Gasteiger partial charge in [0, 0.05) is 5.56 Å². The van der Waals surface area contributed by atoms with Crippen LogP contribution in [0.4, 0.5) is 5.95 Å². The van der Waals surface area contributed by atoms with Crippen molar-refractivity contribution in [1.82, 2.24) is 9.66 Å². The summed E-state index contributed by atoms with van der Waals surface area (Å²) in [5, 5.41) is 0. The van der Waals surface area contributed by atoms with Crippen LogP contribution in [0, 0.1) is 0 Å². The van der Waals surface area contributed by atoms with E-state index in [4.69, 9.17) is 11.6 Å². The first kappa shape index (κ1) is 12.1. The quantitative estimate of drug-likeness (QED) is 0.812. The second-order valence-electron chi connectivity index (χ2n) is 5.35.